The Morgan fingerprint density at radius 3 is 2.17 bits per heavy atom. The predicted molar refractivity (Wildman–Crippen MR) is 112 cm³/mol. The van der Waals surface area contributed by atoms with Gasteiger partial charge in [-0.3, -0.25) is 9.97 Å². The lowest BCUT2D eigenvalue weighted by Crippen LogP contribution is -2.27. The minimum atomic E-state index is -0.217. The number of aromatic nitrogens is 6. The number of hydrogen-bond donors (Lipinski definition) is 1. The number of rotatable bonds is 5. The maximum atomic E-state index is 6.16. The average molecular weight is 386 g/mol. The third-order valence-electron chi connectivity index (χ3n) is 4.78. The van der Waals surface area contributed by atoms with Crippen LogP contribution in [0.15, 0.2) is 60.9 Å². The summed E-state index contributed by atoms with van der Waals surface area (Å²) in [5.74, 6) is 1.13. The summed E-state index contributed by atoms with van der Waals surface area (Å²) in [6.45, 7) is 1.92. The van der Waals surface area contributed by atoms with Crippen molar-refractivity contribution in [1.29, 1.82) is 0 Å². The highest BCUT2D eigenvalue weighted by Crippen LogP contribution is 2.32. The van der Waals surface area contributed by atoms with Crippen LogP contribution in [0.25, 0.3) is 11.3 Å². The van der Waals surface area contributed by atoms with Crippen LogP contribution in [-0.2, 0) is 7.05 Å². The van der Waals surface area contributed by atoms with Crippen molar-refractivity contribution >= 4 is 11.6 Å². The van der Waals surface area contributed by atoms with Crippen LogP contribution in [0.1, 0.15) is 23.1 Å². The first kappa shape index (κ1) is 18.5. The lowest BCUT2D eigenvalue weighted by atomic mass is 10.1. The Labute approximate surface area is 169 Å². The van der Waals surface area contributed by atoms with Crippen LogP contribution in [-0.4, -0.2) is 37.0 Å². The van der Waals surface area contributed by atoms with Gasteiger partial charge in [-0.25, -0.2) is 9.67 Å². The monoisotopic (exact) mass is 386 g/mol. The summed E-state index contributed by atoms with van der Waals surface area (Å²) in [7, 11) is 3.83. The molecule has 0 fully saturated rings. The van der Waals surface area contributed by atoms with Gasteiger partial charge in [-0.05, 0) is 43.3 Å². The zero-order valence-electron chi connectivity index (χ0n) is 16.6. The normalized spacial score (nSPS) is 11.0. The second-order valence-electron chi connectivity index (χ2n) is 6.81. The Balaban J connectivity index is 1.82. The number of hydrogen-bond acceptors (Lipinski definition) is 7. The van der Waals surface area contributed by atoms with Crippen molar-refractivity contribution in [1.82, 2.24) is 29.9 Å². The van der Waals surface area contributed by atoms with Gasteiger partial charge in [0.1, 0.15) is 17.7 Å². The Morgan fingerprint density at radius 2 is 1.66 bits per heavy atom. The second kappa shape index (κ2) is 7.67. The number of aryl methyl sites for hydroxylation is 2. The fraction of sp³-hybridized carbons (Fsp3) is 0.190. The molecule has 0 amide bonds. The molecule has 4 aromatic rings. The highest BCUT2D eigenvalue weighted by molar-refractivity contribution is 5.69. The standard InChI is InChI=1S/C21H22N8/c1-14-20(29(3)27-26-14)15-12-18(22)25-19(13-15)28(2)21(16-8-4-6-10-23-16)17-9-5-7-11-24-17/h4-13,21H,1-3H3,(H2,22,25). The molecule has 8 heteroatoms. The highest BCUT2D eigenvalue weighted by Gasteiger charge is 2.24. The summed E-state index contributed by atoms with van der Waals surface area (Å²) in [5, 5.41) is 8.24. The van der Waals surface area contributed by atoms with Crippen molar-refractivity contribution in [3.8, 4) is 11.3 Å². The minimum Gasteiger partial charge on any atom is -0.384 e. The third kappa shape index (κ3) is 3.64. The molecule has 0 atom stereocenters. The predicted octanol–water partition coefficient (Wildman–Crippen LogP) is 2.78. The van der Waals surface area contributed by atoms with E-state index in [1.807, 2.05) is 74.4 Å². The fourth-order valence-corrected chi connectivity index (χ4v) is 3.47. The topological polar surface area (TPSA) is 98.6 Å². The number of nitrogens with zero attached hydrogens (tertiary/aromatic N) is 7. The van der Waals surface area contributed by atoms with E-state index in [0.717, 1.165) is 28.3 Å². The van der Waals surface area contributed by atoms with Gasteiger partial charge in [0.25, 0.3) is 0 Å². The molecule has 0 aliphatic heterocycles. The first-order valence-electron chi connectivity index (χ1n) is 9.23. The number of anilines is 2. The van der Waals surface area contributed by atoms with Crippen molar-refractivity contribution in [2.45, 2.75) is 13.0 Å². The van der Waals surface area contributed by atoms with Crippen LogP contribution < -0.4 is 10.6 Å². The Bertz CT molecular complexity index is 1050. The van der Waals surface area contributed by atoms with Crippen LogP contribution >= 0.6 is 0 Å². The van der Waals surface area contributed by atoms with Gasteiger partial charge in [0.15, 0.2) is 0 Å². The van der Waals surface area contributed by atoms with E-state index in [9.17, 15) is 0 Å². The molecule has 8 nitrogen and oxygen atoms in total. The molecule has 29 heavy (non-hydrogen) atoms. The molecule has 0 saturated heterocycles. The van der Waals surface area contributed by atoms with E-state index in [-0.39, 0.29) is 6.04 Å². The van der Waals surface area contributed by atoms with Gasteiger partial charge < -0.3 is 10.6 Å². The first-order chi connectivity index (χ1) is 14.0. The molecular weight excluding hydrogens is 364 g/mol. The Kier molecular flexibility index (Phi) is 4.90. The average Bonchev–Trinajstić information content (AvgIpc) is 3.07. The molecule has 0 bridgehead atoms. The summed E-state index contributed by atoms with van der Waals surface area (Å²) < 4.78 is 1.74. The summed E-state index contributed by atoms with van der Waals surface area (Å²) in [6.07, 6.45) is 3.56. The highest BCUT2D eigenvalue weighted by atomic mass is 15.4. The van der Waals surface area contributed by atoms with E-state index in [0.29, 0.717) is 11.6 Å². The van der Waals surface area contributed by atoms with Crippen LogP contribution in [0.3, 0.4) is 0 Å². The molecule has 0 aliphatic rings. The van der Waals surface area contributed by atoms with Gasteiger partial charge in [-0.15, -0.1) is 5.10 Å². The molecule has 0 spiro atoms. The molecule has 0 saturated carbocycles. The largest absolute Gasteiger partial charge is 0.384 e. The molecule has 4 aromatic heterocycles. The van der Waals surface area contributed by atoms with Gasteiger partial charge in [0.05, 0.1) is 22.8 Å². The van der Waals surface area contributed by atoms with Gasteiger partial charge in [0, 0.05) is 32.1 Å². The summed E-state index contributed by atoms with van der Waals surface area (Å²) in [6, 6.07) is 15.3. The molecule has 0 unspecified atom stereocenters. The quantitative estimate of drug-likeness (QED) is 0.563. The van der Waals surface area contributed by atoms with Crippen LogP contribution in [0.2, 0.25) is 0 Å². The summed E-state index contributed by atoms with van der Waals surface area (Å²) in [5.41, 5.74) is 10.6. The summed E-state index contributed by atoms with van der Waals surface area (Å²) >= 11 is 0. The molecule has 0 aliphatic carbocycles. The molecule has 2 N–H and O–H groups in total. The smallest absolute Gasteiger partial charge is 0.132 e. The molecule has 4 rings (SSSR count). The van der Waals surface area contributed by atoms with Crippen LogP contribution in [0.4, 0.5) is 11.6 Å². The second-order valence-corrected chi connectivity index (χ2v) is 6.81. The van der Waals surface area contributed by atoms with Gasteiger partial charge >= 0.3 is 0 Å². The van der Waals surface area contributed by atoms with E-state index in [4.69, 9.17) is 5.73 Å². The zero-order valence-corrected chi connectivity index (χ0v) is 16.6. The van der Waals surface area contributed by atoms with E-state index < -0.39 is 0 Å². The summed E-state index contributed by atoms with van der Waals surface area (Å²) in [4.78, 5) is 15.7. The van der Waals surface area contributed by atoms with Crippen LogP contribution in [0, 0.1) is 6.92 Å². The van der Waals surface area contributed by atoms with Crippen molar-refractivity contribution in [3.63, 3.8) is 0 Å². The van der Waals surface area contributed by atoms with Gasteiger partial charge in [-0.1, -0.05) is 17.3 Å². The molecule has 0 aromatic carbocycles. The van der Waals surface area contributed by atoms with Crippen molar-refractivity contribution < 1.29 is 0 Å². The van der Waals surface area contributed by atoms with Crippen LogP contribution in [0.5, 0.6) is 0 Å². The van der Waals surface area contributed by atoms with Gasteiger partial charge in [0.2, 0.25) is 0 Å². The van der Waals surface area contributed by atoms with E-state index in [2.05, 4.69) is 25.3 Å². The maximum Gasteiger partial charge on any atom is 0.132 e. The first-order valence-corrected chi connectivity index (χ1v) is 9.23. The van der Waals surface area contributed by atoms with Crippen molar-refractivity contribution in [3.05, 3.63) is 78.0 Å². The molecular formula is C21H22N8. The Hall–Kier alpha value is -3.81. The minimum absolute atomic E-state index is 0.217. The van der Waals surface area contributed by atoms with Gasteiger partial charge in [-0.2, -0.15) is 0 Å². The maximum absolute atomic E-state index is 6.16. The van der Waals surface area contributed by atoms with E-state index in [1.165, 1.54) is 0 Å². The fourth-order valence-electron chi connectivity index (χ4n) is 3.47. The number of pyridine rings is 3. The SMILES string of the molecule is Cc1nnn(C)c1-c1cc(N)nc(N(C)C(c2ccccn2)c2ccccn2)c1. The van der Waals surface area contributed by atoms with Crippen molar-refractivity contribution in [2.75, 3.05) is 17.7 Å². The van der Waals surface area contributed by atoms with E-state index in [1.54, 1.807) is 17.1 Å². The number of nitrogens with two attached hydrogens (primary N) is 1. The molecule has 146 valence electrons. The zero-order chi connectivity index (χ0) is 20.4. The van der Waals surface area contributed by atoms with E-state index >= 15 is 0 Å². The van der Waals surface area contributed by atoms with Crippen molar-refractivity contribution in [2.24, 2.45) is 7.05 Å². The third-order valence-corrected chi connectivity index (χ3v) is 4.78. The molecule has 4 heterocycles. The Morgan fingerprint density at radius 1 is 1.00 bits per heavy atom. The lowest BCUT2D eigenvalue weighted by Gasteiger charge is -2.29. The number of nitrogen functional groups attached to an aromatic ring is 1. The lowest BCUT2D eigenvalue weighted by molar-refractivity contribution is 0.716. The molecule has 0 radical (unpaired) electrons.